The fraction of sp³-hybridized carbons (Fsp3) is 0.192. The van der Waals surface area contributed by atoms with E-state index in [0.29, 0.717) is 47.2 Å². The zero-order valence-electron chi connectivity index (χ0n) is 18.6. The first kappa shape index (κ1) is 22.0. The molecular formula is C26H23ClN4O3. The van der Waals surface area contributed by atoms with Gasteiger partial charge in [-0.25, -0.2) is 4.79 Å². The fourth-order valence-electron chi connectivity index (χ4n) is 4.44. The van der Waals surface area contributed by atoms with E-state index in [-0.39, 0.29) is 17.6 Å². The van der Waals surface area contributed by atoms with E-state index in [0.717, 1.165) is 11.1 Å². The van der Waals surface area contributed by atoms with Crippen LogP contribution in [0.1, 0.15) is 18.0 Å². The van der Waals surface area contributed by atoms with Gasteiger partial charge in [-0.05, 0) is 61.9 Å². The van der Waals surface area contributed by atoms with Gasteiger partial charge in [-0.2, -0.15) is 0 Å². The summed E-state index contributed by atoms with van der Waals surface area (Å²) in [6.07, 6.45) is 5.38. The molecule has 0 N–H and O–H groups in total. The molecule has 1 atom stereocenters. The lowest BCUT2D eigenvalue weighted by Crippen LogP contribution is -2.31. The third-order valence-electron chi connectivity index (χ3n) is 6.23. The van der Waals surface area contributed by atoms with Gasteiger partial charge in [0.1, 0.15) is 11.5 Å². The monoisotopic (exact) mass is 474 g/mol. The largest absolute Gasteiger partial charge is 0.457 e. The van der Waals surface area contributed by atoms with Gasteiger partial charge in [-0.3, -0.25) is 18.9 Å². The maximum Gasteiger partial charge on any atom is 0.334 e. The summed E-state index contributed by atoms with van der Waals surface area (Å²) in [7, 11) is 0. The van der Waals surface area contributed by atoms with Crippen molar-refractivity contribution < 1.29 is 9.53 Å². The molecule has 1 fully saturated rings. The summed E-state index contributed by atoms with van der Waals surface area (Å²) in [6.45, 7) is 6.53. The number of hydrogen-bond donors (Lipinski definition) is 0. The molecule has 0 saturated carbocycles. The Morgan fingerprint density at radius 1 is 1.18 bits per heavy atom. The zero-order valence-corrected chi connectivity index (χ0v) is 19.4. The summed E-state index contributed by atoms with van der Waals surface area (Å²) in [5.41, 5.74) is 2.89. The van der Waals surface area contributed by atoms with Gasteiger partial charge in [0.15, 0.2) is 0 Å². The van der Waals surface area contributed by atoms with Crippen molar-refractivity contribution in [1.82, 2.24) is 19.0 Å². The van der Waals surface area contributed by atoms with Crippen LogP contribution in [-0.4, -0.2) is 38.0 Å². The predicted octanol–water partition coefficient (Wildman–Crippen LogP) is 4.90. The number of fused-ring (bicyclic) bond motifs is 1. The molecule has 3 heterocycles. The van der Waals surface area contributed by atoms with Gasteiger partial charge in [-0.1, -0.05) is 24.2 Å². The van der Waals surface area contributed by atoms with Crippen molar-refractivity contribution in [2.75, 3.05) is 13.1 Å². The zero-order chi connectivity index (χ0) is 23.8. The van der Waals surface area contributed by atoms with Crippen molar-refractivity contribution in [3.05, 3.63) is 94.6 Å². The van der Waals surface area contributed by atoms with Crippen LogP contribution in [0, 0.1) is 6.92 Å². The highest BCUT2D eigenvalue weighted by Crippen LogP contribution is 2.31. The Balaban J connectivity index is 1.50. The number of amides is 1. The molecule has 172 valence electrons. The minimum absolute atomic E-state index is 0.115. The number of carbonyl (C=O) groups excluding carboxylic acids is 1. The lowest BCUT2D eigenvalue weighted by atomic mass is 10.2. The first-order valence-electron chi connectivity index (χ1n) is 11.0. The number of imidazole rings is 1. The van der Waals surface area contributed by atoms with Gasteiger partial charge < -0.3 is 9.64 Å². The SMILES string of the molecule is C=CC(=O)N1CC[C@@H](n2c(=O)n(-c3ccc(Oc4cccc(Cl)c4C)cc3)c3cnccc32)C1. The average Bonchev–Trinajstić information content (AvgIpc) is 3.44. The lowest BCUT2D eigenvalue weighted by molar-refractivity contribution is -0.125. The summed E-state index contributed by atoms with van der Waals surface area (Å²) in [5.74, 6) is 1.20. The normalized spacial score (nSPS) is 15.6. The number of rotatable bonds is 5. The van der Waals surface area contributed by atoms with Crippen LogP contribution >= 0.6 is 11.6 Å². The van der Waals surface area contributed by atoms with Crippen LogP contribution in [0.25, 0.3) is 16.7 Å². The summed E-state index contributed by atoms with van der Waals surface area (Å²) in [5, 5.41) is 0.640. The summed E-state index contributed by atoms with van der Waals surface area (Å²) in [6, 6.07) is 14.6. The molecule has 1 aliphatic rings. The van der Waals surface area contributed by atoms with Gasteiger partial charge >= 0.3 is 5.69 Å². The Kier molecular flexibility index (Phi) is 5.71. The van der Waals surface area contributed by atoms with Gasteiger partial charge in [0.2, 0.25) is 5.91 Å². The molecule has 4 aromatic rings. The fourth-order valence-corrected chi connectivity index (χ4v) is 4.61. The number of halogens is 1. The number of ether oxygens (including phenoxy) is 1. The standard InChI is InChI=1S/C26H23ClN4O3/c1-3-25(32)29-14-12-19(16-29)31-22-11-13-28-15-23(22)30(26(31)33)18-7-9-20(10-8-18)34-24-6-4-5-21(27)17(24)2/h3-11,13,15,19H,1,12,14,16H2,2H3/t19-/m1/s1. The quantitative estimate of drug-likeness (QED) is 0.386. The summed E-state index contributed by atoms with van der Waals surface area (Å²) < 4.78 is 9.41. The minimum Gasteiger partial charge on any atom is -0.457 e. The Morgan fingerprint density at radius 3 is 2.74 bits per heavy atom. The van der Waals surface area contributed by atoms with E-state index in [9.17, 15) is 9.59 Å². The maximum absolute atomic E-state index is 13.6. The van der Waals surface area contributed by atoms with E-state index in [1.807, 2.05) is 55.5 Å². The average molecular weight is 475 g/mol. The van der Waals surface area contributed by atoms with E-state index >= 15 is 0 Å². The van der Waals surface area contributed by atoms with Gasteiger partial charge in [0.25, 0.3) is 0 Å². The lowest BCUT2D eigenvalue weighted by Gasteiger charge is -2.15. The summed E-state index contributed by atoms with van der Waals surface area (Å²) in [4.78, 5) is 31.6. The highest BCUT2D eigenvalue weighted by Gasteiger charge is 2.29. The number of likely N-dealkylation sites (tertiary alicyclic amines) is 1. The molecule has 8 heteroatoms. The van der Waals surface area contributed by atoms with Gasteiger partial charge in [0.05, 0.1) is 29.0 Å². The number of hydrogen-bond acceptors (Lipinski definition) is 4. The molecule has 2 aromatic heterocycles. The molecule has 0 radical (unpaired) electrons. The molecule has 34 heavy (non-hydrogen) atoms. The number of nitrogens with zero attached hydrogens (tertiary/aromatic N) is 4. The summed E-state index contributed by atoms with van der Waals surface area (Å²) >= 11 is 6.20. The highest BCUT2D eigenvalue weighted by molar-refractivity contribution is 6.31. The number of carbonyl (C=O) groups is 1. The van der Waals surface area contributed by atoms with E-state index in [2.05, 4.69) is 11.6 Å². The van der Waals surface area contributed by atoms with Crippen LogP contribution in [0.5, 0.6) is 11.5 Å². The Labute approximate surface area is 201 Å². The van der Waals surface area contributed by atoms with Crippen molar-refractivity contribution in [2.45, 2.75) is 19.4 Å². The first-order chi connectivity index (χ1) is 16.5. The van der Waals surface area contributed by atoms with Crippen molar-refractivity contribution in [3.63, 3.8) is 0 Å². The Hall–Kier alpha value is -3.84. The van der Waals surface area contributed by atoms with Crippen LogP contribution in [-0.2, 0) is 4.79 Å². The first-order valence-corrected chi connectivity index (χ1v) is 11.4. The van der Waals surface area contributed by atoms with Crippen LogP contribution in [0.2, 0.25) is 5.02 Å². The number of benzene rings is 2. The molecule has 7 nitrogen and oxygen atoms in total. The second kappa shape index (κ2) is 8.83. The molecule has 1 saturated heterocycles. The highest BCUT2D eigenvalue weighted by atomic mass is 35.5. The second-order valence-electron chi connectivity index (χ2n) is 8.24. The number of pyridine rings is 1. The molecule has 2 aromatic carbocycles. The van der Waals surface area contributed by atoms with Gasteiger partial charge in [-0.15, -0.1) is 0 Å². The predicted molar refractivity (Wildman–Crippen MR) is 132 cm³/mol. The number of aromatic nitrogens is 3. The van der Waals surface area contributed by atoms with E-state index in [1.54, 1.807) is 26.4 Å². The van der Waals surface area contributed by atoms with Crippen molar-refractivity contribution in [1.29, 1.82) is 0 Å². The smallest absolute Gasteiger partial charge is 0.334 e. The van der Waals surface area contributed by atoms with Crippen LogP contribution in [0.3, 0.4) is 0 Å². The molecule has 0 unspecified atom stereocenters. The molecule has 1 aliphatic heterocycles. The Bertz CT molecular complexity index is 1460. The van der Waals surface area contributed by atoms with Crippen molar-refractivity contribution in [3.8, 4) is 17.2 Å². The van der Waals surface area contributed by atoms with Crippen LogP contribution in [0.4, 0.5) is 0 Å². The Morgan fingerprint density at radius 2 is 1.97 bits per heavy atom. The van der Waals surface area contributed by atoms with E-state index in [1.165, 1.54) is 6.08 Å². The minimum atomic E-state index is -0.166. The third-order valence-corrected chi connectivity index (χ3v) is 6.64. The molecule has 0 bridgehead atoms. The van der Waals surface area contributed by atoms with Crippen molar-refractivity contribution in [2.24, 2.45) is 0 Å². The van der Waals surface area contributed by atoms with Gasteiger partial charge in [0, 0.05) is 29.9 Å². The van der Waals surface area contributed by atoms with E-state index in [4.69, 9.17) is 16.3 Å². The second-order valence-corrected chi connectivity index (χ2v) is 8.65. The van der Waals surface area contributed by atoms with Crippen LogP contribution in [0.15, 0.2) is 78.4 Å². The van der Waals surface area contributed by atoms with E-state index < -0.39 is 0 Å². The van der Waals surface area contributed by atoms with Crippen molar-refractivity contribution >= 4 is 28.5 Å². The molecule has 1 amide bonds. The molecular weight excluding hydrogens is 452 g/mol. The van der Waals surface area contributed by atoms with Crippen LogP contribution < -0.4 is 10.4 Å². The molecule has 0 aliphatic carbocycles. The molecule has 5 rings (SSSR count). The topological polar surface area (TPSA) is 69.4 Å². The maximum atomic E-state index is 13.6. The third kappa shape index (κ3) is 3.78. The molecule has 0 spiro atoms.